The maximum atomic E-state index is 13.6. The molecule has 2 aromatic carbocycles. The zero-order chi connectivity index (χ0) is 15.9. The SMILES string of the molecule is Cc1nc2ccc(NS(=O)(=O)c3cc(F)ccc3F)cc2[nH]1. The minimum Gasteiger partial charge on any atom is -0.342 e. The monoisotopic (exact) mass is 323 g/mol. The minimum atomic E-state index is -4.23. The molecule has 5 nitrogen and oxygen atoms in total. The molecule has 0 amide bonds. The Morgan fingerprint density at radius 3 is 2.68 bits per heavy atom. The van der Waals surface area contributed by atoms with Crippen LogP contribution in [-0.2, 0) is 10.0 Å². The van der Waals surface area contributed by atoms with Gasteiger partial charge in [0, 0.05) is 0 Å². The summed E-state index contributed by atoms with van der Waals surface area (Å²) in [6.07, 6.45) is 0. The maximum absolute atomic E-state index is 13.6. The Balaban J connectivity index is 2.00. The molecule has 0 saturated carbocycles. The average molecular weight is 323 g/mol. The van der Waals surface area contributed by atoms with Crippen molar-refractivity contribution in [2.45, 2.75) is 11.8 Å². The number of anilines is 1. The first-order valence-corrected chi connectivity index (χ1v) is 7.78. The van der Waals surface area contributed by atoms with E-state index in [1.165, 1.54) is 12.1 Å². The predicted octanol–water partition coefficient (Wildman–Crippen LogP) is 2.95. The van der Waals surface area contributed by atoms with Gasteiger partial charge in [-0.15, -0.1) is 0 Å². The summed E-state index contributed by atoms with van der Waals surface area (Å²) in [5, 5.41) is 0. The highest BCUT2D eigenvalue weighted by molar-refractivity contribution is 7.92. The molecule has 0 radical (unpaired) electrons. The van der Waals surface area contributed by atoms with E-state index in [-0.39, 0.29) is 5.69 Å². The van der Waals surface area contributed by atoms with Crippen LogP contribution in [0.2, 0.25) is 0 Å². The predicted molar refractivity (Wildman–Crippen MR) is 78.0 cm³/mol. The van der Waals surface area contributed by atoms with Gasteiger partial charge in [0.05, 0.1) is 16.7 Å². The van der Waals surface area contributed by atoms with Crippen LogP contribution in [0.3, 0.4) is 0 Å². The van der Waals surface area contributed by atoms with Gasteiger partial charge >= 0.3 is 0 Å². The smallest absolute Gasteiger partial charge is 0.264 e. The lowest BCUT2D eigenvalue weighted by molar-refractivity contribution is 0.555. The first kappa shape index (κ1) is 14.5. The Morgan fingerprint density at radius 2 is 1.91 bits per heavy atom. The zero-order valence-corrected chi connectivity index (χ0v) is 12.2. The number of rotatable bonds is 3. The summed E-state index contributed by atoms with van der Waals surface area (Å²) in [5.41, 5.74) is 1.54. The Bertz CT molecular complexity index is 967. The Kier molecular flexibility index (Phi) is 3.32. The molecule has 0 bridgehead atoms. The van der Waals surface area contributed by atoms with E-state index < -0.39 is 26.6 Å². The van der Waals surface area contributed by atoms with Gasteiger partial charge in [0.25, 0.3) is 10.0 Å². The van der Waals surface area contributed by atoms with Gasteiger partial charge in [-0.05, 0) is 43.3 Å². The normalized spacial score (nSPS) is 11.8. The standard InChI is InChI=1S/C14H11F2N3O2S/c1-8-17-12-5-3-10(7-13(12)18-8)19-22(20,21)14-6-9(15)2-4-11(14)16/h2-7,19H,1H3,(H,17,18). The highest BCUT2D eigenvalue weighted by Crippen LogP contribution is 2.22. The van der Waals surface area contributed by atoms with Crippen molar-refractivity contribution in [2.75, 3.05) is 4.72 Å². The number of halogens is 2. The number of fused-ring (bicyclic) bond motifs is 1. The van der Waals surface area contributed by atoms with Crippen LogP contribution < -0.4 is 4.72 Å². The van der Waals surface area contributed by atoms with Crippen molar-refractivity contribution >= 4 is 26.7 Å². The number of benzene rings is 2. The molecule has 0 spiro atoms. The number of aromatic nitrogens is 2. The number of nitrogens with one attached hydrogen (secondary N) is 2. The lowest BCUT2D eigenvalue weighted by Gasteiger charge is -2.09. The summed E-state index contributed by atoms with van der Waals surface area (Å²) in [6.45, 7) is 1.77. The van der Waals surface area contributed by atoms with E-state index >= 15 is 0 Å². The van der Waals surface area contributed by atoms with E-state index in [1.807, 2.05) is 0 Å². The van der Waals surface area contributed by atoms with Crippen molar-refractivity contribution in [3.05, 3.63) is 53.9 Å². The lowest BCUT2D eigenvalue weighted by atomic mass is 10.3. The summed E-state index contributed by atoms with van der Waals surface area (Å²) in [7, 11) is -4.23. The molecule has 114 valence electrons. The van der Waals surface area contributed by atoms with Gasteiger partial charge in [0.1, 0.15) is 22.4 Å². The third kappa shape index (κ3) is 2.64. The van der Waals surface area contributed by atoms with Crippen LogP contribution in [0.15, 0.2) is 41.3 Å². The zero-order valence-electron chi connectivity index (χ0n) is 11.4. The number of nitrogens with zero attached hydrogens (tertiary/aromatic N) is 1. The van der Waals surface area contributed by atoms with Gasteiger partial charge in [-0.1, -0.05) is 0 Å². The molecule has 0 aliphatic carbocycles. The highest BCUT2D eigenvalue weighted by atomic mass is 32.2. The van der Waals surface area contributed by atoms with E-state index in [2.05, 4.69) is 14.7 Å². The maximum Gasteiger partial charge on any atom is 0.264 e. The summed E-state index contributed by atoms with van der Waals surface area (Å²) in [4.78, 5) is 6.41. The fourth-order valence-corrected chi connectivity index (χ4v) is 3.23. The van der Waals surface area contributed by atoms with Crippen LogP contribution in [0, 0.1) is 18.6 Å². The molecule has 0 aliphatic heterocycles. The van der Waals surface area contributed by atoms with Gasteiger partial charge in [0.2, 0.25) is 0 Å². The Hall–Kier alpha value is -2.48. The first-order valence-electron chi connectivity index (χ1n) is 6.29. The van der Waals surface area contributed by atoms with E-state index in [9.17, 15) is 17.2 Å². The topological polar surface area (TPSA) is 74.8 Å². The van der Waals surface area contributed by atoms with Crippen LogP contribution in [0.5, 0.6) is 0 Å². The van der Waals surface area contributed by atoms with Crippen molar-refractivity contribution in [1.29, 1.82) is 0 Å². The van der Waals surface area contributed by atoms with E-state index in [1.54, 1.807) is 13.0 Å². The first-order chi connectivity index (χ1) is 10.3. The summed E-state index contributed by atoms with van der Waals surface area (Å²) < 4.78 is 53.3. The Labute approximate surface area is 125 Å². The van der Waals surface area contributed by atoms with E-state index in [0.717, 1.165) is 12.1 Å². The third-order valence-corrected chi connectivity index (χ3v) is 4.43. The van der Waals surface area contributed by atoms with Crippen LogP contribution in [0.1, 0.15) is 5.82 Å². The van der Waals surface area contributed by atoms with Gasteiger partial charge in [-0.2, -0.15) is 0 Å². The van der Waals surface area contributed by atoms with Crippen molar-refractivity contribution < 1.29 is 17.2 Å². The molecule has 3 aromatic rings. The second-order valence-electron chi connectivity index (χ2n) is 4.73. The van der Waals surface area contributed by atoms with Crippen molar-refractivity contribution in [1.82, 2.24) is 9.97 Å². The summed E-state index contributed by atoms with van der Waals surface area (Å²) >= 11 is 0. The number of H-pyrrole nitrogens is 1. The third-order valence-electron chi connectivity index (χ3n) is 3.04. The number of aryl methyl sites for hydroxylation is 1. The number of hydrogen-bond donors (Lipinski definition) is 2. The van der Waals surface area contributed by atoms with Crippen LogP contribution in [-0.4, -0.2) is 18.4 Å². The molecule has 0 aliphatic rings. The number of imidazole rings is 1. The molecule has 1 aromatic heterocycles. The molecule has 0 saturated heterocycles. The van der Waals surface area contributed by atoms with E-state index in [4.69, 9.17) is 0 Å². The summed E-state index contributed by atoms with van der Waals surface area (Å²) in [5.74, 6) is -1.17. The molecule has 8 heteroatoms. The number of sulfonamides is 1. The highest BCUT2D eigenvalue weighted by Gasteiger charge is 2.20. The molecule has 0 unspecified atom stereocenters. The molecule has 2 N–H and O–H groups in total. The molecule has 3 rings (SSSR count). The Morgan fingerprint density at radius 1 is 1.14 bits per heavy atom. The van der Waals surface area contributed by atoms with Crippen molar-refractivity contribution in [2.24, 2.45) is 0 Å². The fourth-order valence-electron chi connectivity index (χ4n) is 2.09. The van der Waals surface area contributed by atoms with Gasteiger partial charge < -0.3 is 4.98 Å². The van der Waals surface area contributed by atoms with Crippen molar-refractivity contribution in [3.8, 4) is 0 Å². The van der Waals surface area contributed by atoms with Gasteiger partial charge in [-0.25, -0.2) is 22.2 Å². The molecule has 0 fully saturated rings. The molecule has 22 heavy (non-hydrogen) atoms. The second kappa shape index (κ2) is 5.06. The van der Waals surface area contributed by atoms with Crippen LogP contribution in [0.4, 0.5) is 14.5 Å². The lowest BCUT2D eigenvalue weighted by Crippen LogP contribution is -2.14. The number of aromatic amines is 1. The summed E-state index contributed by atoms with van der Waals surface area (Å²) in [6, 6.07) is 6.91. The average Bonchev–Trinajstić information content (AvgIpc) is 2.80. The minimum absolute atomic E-state index is 0.222. The molecule has 0 atom stereocenters. The molecule has 1 heterocycles. The fraction of sp³-hybridized carbons (Fsp3) is 0.0714. The van der Waals surface area contributed by atoms with Crippen molar-refractivity contribution in [3.63, 3.8) is 0 Å². The van der Waals surface area contributed by atoms with Gasteiger partial charge in [0.15, 0.2) is 0 Å². The van der Waals surface area contributed by atoms with Crippen LogP contribution in [0.25, 0.3) is 11.0 Å². The molecular formula is C14H11F2N3O2S. The van der Waals surface area contributed by atoms with E-state index in [0.29, 0.717) is 22.9 Å². The second-order valence-corrected chi connectivity index (χ2v) is 6.39. The largest absolute Gasteiger partial charge is 0.342 e. The van der Waals surface area contributed by atoms with Gasteiger partial charge in [-0.3, -0.25) is 4.72 Å². The quantitative estimate of drug-likeness (QED) is 0.778. The number of hydrogen-bond acceptors (Lipinski definition) is 3. The molecular weight excluding hydrogens is 312 g/mol. The van der Waals surface area contributed by atoms with Crippen LogP contribution >= 0.6 is 0 Å².